The average Bonchev–Trinajstić information content (AvgIpc) is 2.45. The number of rotatable bonds is 9. The highest BCUT2D eigenvalue weighted by atomic mass is 16.4. The van der Waals surface area contributed by atoms with E-state index in [0.29, 0.717) is 19.0 Å². The summed E-state index contributed by atoms with van der Waals surface area (Å²) in [6.45, 7) is 11.2. The van der Waals surface area contributed by atoms with Crippen LogP contribution in [0.4, 0.5) is 0 Å². The van der Waals surface area contributed by atoms with Gasteiger partial charge in [-0.3, -0.25) is 4.79 Å². The molecule has 0 radical (unpaired) electrons. The normalized spacial score (nSPS) is 23.9. The van der Waals surface area contributed by atoms with Crippen molar-refractivity contribution in [2.75, 3.05) is 39.8 Å². The fraction of sp³-hybridized carbons (Fsp3) is 0.938. The molecule has 124 valence electrons. The monoisotopic (exact) mass is 299 g/mol. The van der Waals surface area contributed by atoms with Crippen molar-refractivity contribution in [3.8, 4) is 0 Å². The van der Waals surface area contributed by atoms with Crippen molar-refractivity contribution in [3.05, 3.63) is 0 Å². The van der Waals surface area contributed by atoms with Crippen molar-refractivity contribution in [2.45, 2.75) is 58.0 Å². The molecule has 0 bridgehead atoms. The van der Waals surface area contributed by atoms with E-state index in [-0.39, 0.29) is 0 Å². The van der Waals surface area contributed by atoms with Crippen LogP contribution in [0.1, 0.15) is 46.5 Å². The van der Waals surface area contributed by atoms with Crippen LogP contribution in [0.25, 0.3) is 0 Å². The maximum absolute atomic E-state index is 11.3. The molecule has 1 rings (SSSR count). The molecule has 0 amide bonds. The van der Waals surface area contributed by atoms with Crippen LogP contribution in [-0.4, -0.2) is 72.2 Å². The standard InChI is InChI=1S/C16H33N3O2/c1-5-14-13-19(12-11-18(14)4)10-8-7-9-16(3,15(20)21)17-6-2/h14,17H,5-13H2,1-4H3,(H,20,21). The van der Waals surface area contributed by atoms with E-state index in [1.54, 1.807) is 6.92 Å². The van der Waals surface area contributed by atoms with Crippen LogP contribution in [0, 0.1) is 0 Å². The van der Waals surface area contributed by atoms with E-state index < -0.39 is 11.5 Å². The lowest BCUT2D eigenvalue weighted by Crippen LogP contribution is -2.51. The number of hydrogen-bond donors (Lipinski definition) is 2. The largest absolute Gasteiger partial charge is 0.480 e. The third kappa shape index (κ3) is 5.57. The number of likely N-dealkylation sites (N-methyl/N-ethyl adjacent to an activating group) is 2. The molecule has 5 nitrogen and oxygen atoms in total. The predicted molar refractivity (Wildman–Crippen MR) is 86.7 cm³/mol. The molecule has 1 heterocycles. The van der Waals surface area contributed by atoms with Crippen molar-refractivity contribution >= 4 is 5.97 Å². The molecule has 0 aromatic heterocycles. The molecule has 5 heteroatoms. The van der Waals surface area contributed by atoms with Crippen LogP contribution in [0.5, 0.6) is 0 Å². The molecule has 1 saturated heterocycles. The van der Waals surface area contributed by atoms with Crippen molar-refractivity contribution in [1.82, 2.24) is 15.1 Å². The van der Waals surface area contributed by atoms with Crippen LogP contribution in [0.2, 0.25) is 0 Å². The van der Waals surface area contributed by atoms with Crippen LogP contribution in [0.3, 0.4) is 0 Å². The molecular formula is C16H33N3O2. The summed E-state index contributed by atoms with van der Waals surface area (Å²) in [6.07, 6.45) is 3.93. The van der Waals surface area contributed by atoms with Gasteiger partial charge in [0.05, 0.1) is 0 Å². The minimum absolute atomic E-state index is 0.671. The first-order valence-corrected chi connectivity index (χ1v) is 8.34. The van der Waals surface area contributed by atoms with Crippen molar-refractivity contribution in [1.29, 1.82) is 0 Å². The zero-order valence-electron chi connectivity index (χ0n) is 14.2. The Morgan fingerprint density at radius 2 is 2.05 bits per heavy atom. The average molecular weight is 299 g/mol. The van der Waals surface area contributed by atoms with Crippen molar-refractivity contribution in [3.63, 3.8) is 0 Å². The molecular weight excluding hydrogens is 266 g/mol. The maximum Gasteiger partial charge on any atom is 0.323 e. The van der Waals surface area contributed by atoms with E-state index in [4.69, 9.17) is 0 Å². The van der Waals surface area contributed by atoms with Gasteiger partial charge in [-0.2, -0.15) is 0 Å². The number of piperazine rings is 1. The highest BCUT2D eigenvalue weighted by Gasteiger charge is 2.31. The lowest BCUT2D eigenvalue weighted by Gasteiger charge is -2.39. The van der Waals surface area contributed by atoms with Crippen LogP contribution >= 0.6 is 0 Å². The van der Waals surface area contributed by atoms with Gasteiger partial charge in [-0.25, -0.2) is 0 Å². The third-order valence-corrected chi connectivity index (χ3v) is 4.77. The summed E-state index contributed by atoms with van der Waals surface area (Å²) in [6, 6.07) is 0.671. The van der Waals surface area contributed by atoms with E-state index in [2.05, 4.69) is 29.1 Å². The quantitative estimate of drug-likeness (QED) is 0.634. The molecule has 1 fully saturated rings. The number of carboxylic acid groups (broad SMARTS) is 1. The van der Waals surface area contributed by atoms with Gasteiger partial charge in [-0.05, 0) is 52.7 Å². The second-order valence-electron chi connectivity index (χ2n) is 6.47. The van der Waals surface area contributed by atoms with Gasteiger partial charge < -0.3 is 20.2 Å². The van der Waals surface area contributed by atoms with E-state index in [1.807, 2.05) is 6.92 Å². The molecule has 2 N–H and O–H groups in total. The Morgan fingerprint density at radius 3 is 2.62 bits per heavy atom. The zero-order chi connectivity index (χ0) is 15.9. The number of carboxylic acids is 1. The Morgan fingerprint density at radius 1 is 1.33 bits per heavy atom. The Balaban J connectivity index is 2.29. The Kier molecular flexibility index (Phi) is 7.63. The summed E-state index contributed by atoms with van der Waals surface area (Å²) in [5.74, 6) is -0.741. The molecule has 0 aromatic carbocycles. The SMILES string of the molecule is CCNC(C)(CCCCN1CCN(C)C(CC)C1)C(=O)O. The molecule has 0 aliphatic carbocycles. The minimum Gasteiger partial charge on any atom is -0.480 e. The van der Waals surface area contributed by atoms with Gasteiger partial charge in [0.25, 0.3) is 0 Å². The summed E-state index contributed by atoms with van der Waals surface area (Å²) < 4.78 is 0. The predicted octanol–water partition coefficient (Wildman–Crippen LogP) is 1.64. The number of unbranched alkanes of at least 4 members (excludes halogenated alkanes) is 1. The Labute approximate surface area is 129 Å². The van der Waals surface area contributed by atoms with Gasteiger partial charge >= 0.3 is 5.97 Å². The van der Waals surface area contributed by atoms with Gasteiger partial charge in [0.2, 0.25) is 0 Å². The van der Waals surface area contributed by atoms with Gasteiger partial charge in [0, 0.05) is 25.7 Å². The Hall–Kier alpha value is -0.650. The lowest BCUT2D eigenvalue weighted by atomic mass is 9.94. The smallest absolute Gasteiger partial charge is 0.323 e. The van der Waals surface area contributed by atoms with Gasteiger partial charge in [0.15, 0.2) is 0 Å². The summed E-state index contributed by atoms with van der Waals surface area (Å²) in [4.78, 5) is 16.3. The third-order valence-electron chi connectivity index (χ3n) is 4.77. The summed E-state index contributed by atoms with van der Waals surface area (Å²) in [5, 5.41) is 12.4. The second kappa shape index (κ2) is 8.71. The Bertz CT molecular complexity index is 325. The molecule has 0 aromatic rings. The van der Waals surface area contributed by atoms with E-state index in [1.165, 1.54) is 6.42 Å². The number of aliphatic carboxylic acids is 1. The van der Waals surface area contributed by atoms with Gasteiger partial charge in [-0.15, -0.1) is 0 Å². The maximum atomic E-state index is 11.3. The van der Waals surface area contributed by atoms with Crippen LogP contribution in [-0.2, 0) is 4.79 Å². The minimum atomic E-state index is -0.775. The second-order valence-corrected chi connectivity index (χ2v) is 6.47. The molecule has 1 aliphatic rings. The van der Waals surface area contributed by atoms with Crippen molar-refractivity contribution < 1.29 is 9.90 Å². The molecule has 1 aliphatic heterocycles. The highest BCUT2D eigenvalue weighted by molar-refractivity contribution is 5.78. The van der Waals surface area contributed by atoms with E-state index in [9.17, 15) is 9.90 Å². The number of carbonyl (C=O) groups is 1. The van der Waals surface area contributed by atoms with Crippen LogP contribution < -0.4 is 5.32 Å². The molecule has 0 spiro atoms. The van der Waals surface area contributed by atoms with Crippen LogP contribution in [0.15, 0.2) is 0 Å². The van der Waals surface area contributed by atoms with Gasteiger partial charge in [0.1, 0.15) is 5.54 Å². The first-order valence-electron chi connectivity index (χ1n) is 8.34. The lowest BCUT2D eigenvalue weighted by molar-refractivity contribution is -0.144. The molecule has 2 unspecified atom stereocenters. The topological polar surface area (TPSA) is 55.8 Å². The summed E-state index contributed by atoms with van der Waals surface area (Å²) in [7, 11) is 2.21. The fourth-order valence-electron chi connectivity index (χ4n) is 3.13. The number of nitrogens with one attached hydrogen (secondary N) is 1. The zero-order valence-corrected chi connectivity index (χ0v) is 14.2. The number of hydrogen-bond acceptors (Lipinski definition) is 4. The first-order chi connectivity index (χ1) is 9.92. The van der Waals surface area contributed by atoms with E-state index >= 15 is 0 Å². The summed E-state index contributed by atoms with van der Waals surface area (Å²) in [5.41, 5.74) is -0.775. The molecule has 0 saturated carbocycles. The highest BCUT2D eigenvalue weighted by Crippen LogP contribution is 2.16. The molecule has 21 heavy (non-hydrogen) atoms. The fourth-order valence-corrected chi connectivity index (χ4v) is 3.13. The molecule has 2 atom stereocenters. The van der Waals surface area contributed by atoms with Crippen molar-refractivity contribution in [2.24, 2.45) is 0 Å². The van der Waals surface area contributed by atoms with Gasteiger partial charge in [-0.1, -0.05) is 13.8 Å². The summed E-state index contributed by atoms with van der Waals surface area (Å²) >= 11 is 0. The number of nitrogens with zero attached hydrogens (tertiary/aromatic N) is 2. The first kappa shape index (κ1) is 18.4. The van der Waals surface area contributed by atoms with E-state index in [0.717, 1.165) is 39.0 Å².